The van der Waals surface area contributed by atoms with Crippen LogP contribution in [0.4, 0.5) is 0 Å². The third-order valence-corrected chi connectivity index (χ3v) is 3.21. The number of rotatable bonds is 2. The molecule has 17 heavy (non-hydrogen) atoms. The van der Waals surface area contributed by atoms with Crippen LogP contribution < -0.4 is 5.73 Å². The fourth-order valence-electron chi connectivity index (χ4n) is 2.14. The molecule has 0 aromatic heterocycles. The number of nitrogens with two attached hydrogens (primary N) is 1. The van der Waals surface area contributed by atoms with E-state index in [1.54, 1.807) is 13.0 Å². The highest BCUT2D eigenvalue weighted by Gasteiger charge is 2.43. The van der Waals surface area contributed by atoms with Gasteiger partial charge in [0.15, 0.2) is 0 Å². The number of hydrogen-bond donors (Lipinski definition) is 1. The minimum Gasteiger partial charge on any atom is -0.464 e. The number of benzene rings is 1. The maximum Gasteiger partial charge on any atom is 0.330 e. The maximum absolute atomic E-state index is 11.8. The van der Waals surface area contributed by atoms with Crippen LogP contribution in [0.3, 0.4) is 0 Å². The van der Waals surface area contributed by atoms with Gasteiger partial charge in [-0.25, -0.2) is 4.79 Å². The first-order chi connectivity index (χ1) is 7.58. The van der Waals surface area contributed by atoms with E-state index in [4.69, 9.17) is 22.1 Å². The number of hydrogen-bond acceptors (Lipinski definition) is 3. The van der Waals surface area contributed by atoms with Crippen molar-refractivity contribution >= 4 is 30.0 Å². The number of fused-ring (bicyclic) bond motifs is 1. The Kier molecular flexibility index (Phi) is 4.42. The average Bonchev–Trinajstić information content (AvgIpc) is 2.58. The molecule has 0 saturated heterocycles. The zero-order valence-electron chi connectivity index (χ0n) is 9.53. The summed E-state index contributed by atoms with van der Waals surface area (Å²) in [5, 5.41) is 0.673. The van der Waals surface area contributed by atoms with Gasteiger partial charge in [0.25, 0.3) is 0 Å². The Labute approximate surface area is 112 Å². The highest BCUT2D eigenvalue weighted by atomic mass is 35.5. The van der Waals surface area contributed by atoms with Gasteiger partial charge in [-0.3, -0.25) is 0 Å². The van der Waals surface area contributed by atoms with E-state index in [1.165, 1.54) is 0 Å². The van der Waals surface area contributed by atoms with Gasteiger partial charge in [-0.1, -0.05) is 17.7 Å². The van der Waals surface area contributed by atoms with Gasteiger partial charge in [0.1, 0.15) is 5.54 Å². The summed E-state index contributed by atoms with van der Waals surface area (Å²) in [4.78, 5) is 11.8. The molecule has 0 aliphatic heterocycles. The summed E-state index contributed by atoms with van der Waals surface area (Å²) in [5.74, 6) is -0.351. The van der Waals surface area contributed by atoms with Gasteiger partial charge in [0, 0.05) is 5.02 Å². The van der Waals surface area contributed by atoms with E-state index in [1.807, 2.05) is 12.1 Å². The second kappa shape index (κ2) is 5.25. The van der Waals surface area contributed by atoms with Crippen molar-refractivity contribution < 1.29 is 9.53 Å². The number of esters is 1. The SMILES string of the molecule is CCOC(=O)C1(N)CCc2cc(Cl)ccc21.Cl. The molecule has 1 aliphatic rings. The highest BCUT2D eigenvalue weighted by Crippen LogP contribution is 2.37. The molecule has 1 aromatic carbocycles. The summed E-state index contributed by atoms with van der Waals surface area (Å²) in [7, 11) is 0. The third kappa shape index (κ3) is 2.41. The standard InChI is InChI=1S/C12H14ClNO2.ClH/c1-2-16-11(15)12(14)6-5-8-7-9(13)3-4-10(8)12;/h3-4,7H,2,5-6,14H2,1H3;1H. The number of halogens is 2. The molecule has 0 spiro atoms. The molecule has 5 heteroatoms. The summed E-state index contributed by atoms with van der Waals surface area (Å²) in [6.45, 7) is 2.12. The van der Waals surface area contributed by atoms with Crippen LogP contribution in [-0.2, 0) is 21.5 Å². The monoisotopic (exact) mass is 275 g/mol. The Bertz CT molecular complexity index is 437. The van der Waals surface area contributed by atoms with Crippen LogP contribution in [-0.4, -0.2) is 12.6 Å². The van der Waals surface area contributed by atoms with Crippen molar-refractivity contribution in [3.63, 3.8) is 0 Å². The van der Waals surface area contributed by atoms with Crippen molar-refractivity contribution in [2.45, 2.75) is 25.3 Å². The molecule has 2 N–H and O–H groups in total. The van der Waals surface area contributed by atoms with Crippen LogP contribution in [0, 0.1) is 0 Å². The minimum atomic E-state index is -0.990. The van der Waals surface area contributed by atoms with Crippen molar-refractivity contribution in [2.24, 2.45) is 5.73 Å². The highest BCUT2D eigenvalue weighted by molar-refractivity contribution is 6.30. The molecule has 1 aliphatic carbocycles. The Morgan fingerprint density at radius 1 is 1.59 bits per heavy atom. The lowest BCUT2D eigenvalue weighted by atomic mass is 9.93. The van der Waals surface area contributed by atoms with Crippen LogP contribution in [0.2, 0.25) is 5.02 Å². The molecule has 0 heterocycles. The van der Waals surface area contributed by atoms with Gasteiger partial charge in [-0.05, 0) is 43.0 Å². The lowest BCUT2D eigenvalue weighted by Gasteiger charge is -2.22. The molecule has 0 bridgehead atoms. The average molecular weight is 276 g/mol. The van der Waals surface area contributed by atoms with Gasteiger partial charge in [-0.2, -0.15) is 0 Å². The second-order valence-electron chi connectivity index (χ2n) is 3.99. The van der Waals surface area contributed by atoms with Crippen molar-refractivity contribution in [3.05, 3.63) is 34.3 Å². The predicted molar refractivity (Wildman–Crippen MR) is 69.5 cm³/mol. The van der Waals surface area contributed by atoms with E-state index >= 15 is 0 Å². The fraction of sp³-hybridized carbons (Fsp3) is 0.417. The molecule has 94 valence electrons. The van der Waals surface area contributed by atoms with Crippen molar-refractivity contribution in [1.82, 2.24) is 0 Å². The van der Waals surface area contributed by atoms with Crippen molar-refractivity contribution in [1.29, 1.82) is 0 Å². The first kappa shape index (κ1) is 14.3. The molecule has 3 nitrogen and oxygen atoms in total. The molecule has 1 aromatic rings. The first-order valence-corrected chi connectivity index (χ1v) is 5.70. The van der Waals surface area contributed by atoms with E-state index in [2.05, 4.69) is 0 Å². The smallest absolute Gasteiger partial charge is 0.330 e. The Morgan fingerprint density at radius 3 is 2.94 bits per heavy atom. The second-order valence-corrected chi connectivity index (χ2v) is 4.43. The molecule has 1 unspecified atom stereocenters. The quantitative estimate of drug-likeness (QED) is 0.844. The number of carbonyl (C=O) groups is 1. The van der Waals surface area contributed by atoms with Crippen LogP contribution >= 0.6 is 24.0 Å². The van der Waals surface area contributed by atoms with E-state index < -0.39 is 5.54 Å². The van der Waals surface area contributed by atoms with Crippen LogP contribution in [0.15, 0.2) is 18.2 Å². The number of ether oxygens (including phenoxy) is 1. The zero-order valence-corrected chi connectivity index (χ0v) is 11.1. The normalized spacial score (nSPS) is 21.6. The molecule has 1 atom stereocenters. The van der Waals surface area contributed by atoms with Crippen LogP contribution in [0.1, 0.15) is 24.5 Å². The third-order valence-electron chi connectivity index (χ3n) is 2.98. The Morgan fingerprint density at radius 2 is 2.29 bits per heavy atom. The van der Waals surface area contributed by atoms with Gasteiger partial charge in [-0.15, -0.1) is 12.4 Å². The summed E-state index contributed by atoms with van der Waals surface area (Å²) in [5.41, 5.74) is 7.03. The molecule has 0 saturated carbocycles. The largest absolute Gasteiger partial charge is 0.464 e. The van der Waals surface area contributed by atoms with E-state index in [9.17, 15) is 4.79 Å². The van der Waals surface area contributed by atoms with Gasteiger partial charge in [0.05, 0.1) is 6.61 Å². The van der Waals surface area contributed by atoms with Gasteiger partial charge in [0.2, 0.25) is 0 Å². The maximum atomic E-state index is 11.8. The lowest BCUT2D eigenvalue weighted by molar-refractivity contribution is -0.150. The molecule has 0 fully saturated rings. The van der Waals surface area contributed by atoms with Crippen LogP contribution in [0.5, 0.6) is 0 Å². The van der Waals surface area contributed by atoms with Gasteiger partial charge >= 0.3 is 5.97 Å². The Hall–Kier alpha value is -0.770. The topological polar surface area (TPSA) is 52.3 Å². The summed E-state index contributed by atoms with van der Waals surface area (Å²) >= 11 is 5.90. The van der Waals surface area contributed by atoms with Crippen LogP contribution in [0.25, 0.3) is 0 Å². The molecule has 0 radical (unpaired) electrons. The van der Waals surface area contributed by atoms with E-state index in [0.29, 0.717) is 18.1 Å². The summed E-state index contributed by atoms with van der Waals surface area (Å²) in [6, 6.07) is 5.44. The van der Waals surface area contributed by atoms with E-state index in [0.717, 1.165) is 17.5 Å². The van der Waals surface area contributed by atoms with Gasteiger partial charge < -0.3 is 10.5 Å². The fourth-order valence-corrected chi connectivity index (χ4v) is 2.34. The summed E-state index contributed by atoms with van der Waals surface area (Å²) in [6.07, 6.45) is 1.35. The minimum absolute atomic E-state index is 0. The molecule has 0 amide bonds. The lowest BCUT2D eigenvalue weighted by Crippen LogP contribution is -2.44. The molecular weight excluding hydrogens is 261 g/mol. The summed E-state index contributed by atoms with van der Waals surface area (Å²) < 4.78 is 5.02. The van der Waals surface area contributed by atoms with E-state index in [-0.39, 0.29) is 18.4 Å². The number of carbonyl (C=O) groups excluding carboxylic acids is 1. The molecular formula is C12H15Cl2NO2. The Balaban J connectivity index is 0.00000144. The van der Waals surface area contributed by atoms with Crippen molar-refractivity contribution in [2.75, 3.05) is 6.61 Å². The van der Waals surface area contributed by atoms with Crippen molar-refractivity contribution in [3.8, 4) is 0 Å². The zero-order chi connectivity index (χ0) is 11.8. The predicted octanol–water partition coefficient (Wildman–Crippen LogP) is 2.43. The first-order valence-electron chi connectivity index (χ1n) is 5.33. The number of aryl methyl sites for hydroxylation is 1. The molecule has 2 rings (SSSR count).